The van der Waals surface area contributed by atoms with E-state index in [4.69, 9.17) is 0 Å². The first-order valence-electron chi connectivity index (χ1n) is 15.1. The van der Waals surface area contributed by atoms with Crippen molar-refractivity contribution < 1.29 is 0 Å². The van der Waals surface area contributed by atoms with Crippen LogP contribution in [-0.2, 0) is 0 Å². The van der Waals surface area contributed by atoms with Gasteiger partial charge in [-0.2, -0.15) is 0 Å². The van der Waals surface area contributed by atoms with Crippen molar-refractivity contribution >= 4 is 129 Å². The Hall–Kier alpha value is -4.68. The number of hydrogen-bond donors (Lipinski definition) is 0. The molecule has 0 bridgehead atoms. The van der Waals surface area contributed by atoms with Gasteiger partial charge in [-0.25, -0.2) is 0 Å². The molecule has 0 radical (unpaired) electrons. The average Bonchev–Trinajstić information content (AvgIpc) is 3.79. The van der Waals surface area contributed by atoms with E-state index in [9.17, 15) is 0 Å². The lowest BCUT2D eigenvalue weighted by Gasteiger charge is -2.28. The number of hydrogen-bond acceptors (Lipinski definition) is 0. The van der Waals surface area contributed by atoms with Crippen molar-refractivity contribution in [3.8, 4) is 0 Å². The van der Waals surface area contributed by atoms with Crippen LogP contribution in [0.5, 0.6) is 0 Å². The summed E-state index contributed by atoms with van der Waals surface area (Å²) in [6.07, 6.45) is 2.57. The van der Waals surface area contributed by atoms with Crippen molar-refractivity contribution in [2.24, 2.45) is 0 Å². The molecule has 3 aliphatic rings. The van der Waals surface area contributed by atoms with Crippen molar-refractivity contribution in [1.82, 2.24) is 0 Å². The van der Waals surface area contributed by atoms with E-state index in [2.05, 4.69) is 48.5 Å². The van der Waals surface area contributed by atoms with Gasteiger partial charge in [0.2, 0.25) is 0 Å². The molecule has 0 amide bonds. The Morgan fingerprint density at radius 3 is 0.925 bits per heavy atom. The summed E-state index contributed by atoms with van der Waals surface area (Å²) in [7, 11) is 0. The maximum Gasteiger partial charge on any atom is 0.0106 e. The predicted molar refractivity (Wildman–Crippen MR) is 170 cm³/mol. The van der Waals surface area contributed by atoms with Crippen LogP contribution in [0.2, 0.25) is 0 Å². The maximum absolute atomic E-state index is 2.55. The molecule has 40 heavy (non-hydrogen) atoms. The van der Waals surface area contributed by atoms with Crippen LogP contribution in [0.25, 0.3) is 129 Å². The molecule has 0 N–H and O–H groups in total. The summed E-state index contributed by atoms with van der Waals surface area (Å²) >= 11 is 0. The molecule has 16 rings (SSSR count). The molecule has 2 atom stereocenters. The third-order valence-electron chi connectivity index (χ3n) is 13.3. The summed E-state index contributed by atoms with van der Waals surface area (Å²) in [6, 6.07) is 20.0. The highest BCUT2D eigenvalue weighted by atomic mass is 14.5. The maximum atomic E-state index is 2.55. The third kappa shape index (κ3) is 1.07. The first-order chi connectivity index (χ1) is 19.9. The van der Waals surface area contributed by atoms with Gasteiger partial charge in [0.15, 0.2) is 0 Å². The molecule has 13 aromatic carbocycles. The zero-order valence-electron chi connectivity index (χ0n) is 21.2. The monoisotopic (exact) mass is 494 g/mol. The Kier molecular flexibility index (Phi) is 1.72. The Labute approximate surface area is 224 Å². The molecule has 0 aliphatic heterocycles. The zero-order chi connectivity index (χ0) is 24.4. The summed E-state index contributed by atoms with van der Waals surface area (Å²) < 4.78 is 0. The van der Waals surface area contributed by atoms with Gasteiger partial charge < -0.3 is 0 Å². The predicted octanol–water partition coefficient (Wildman–Crippen LogP) is 11.1. The van der Waals surface area contributed by atoms with Crippen molar-refractivity contribution in [1.29, 1.82) is 0 Å². The second-order valence-corrected chi connectivity index (χ2v) is 14.0. The van der Waals surface area contributed by atoms with Crippen molar-refractivity contribution in [3.05, 3.63) is 70.8 Å². The molecule has 0 saturated heterocycles. The van der Waals surface area contributed by atoms with Gasteiger partial charge >= 0.3 is 0 Å². The van der Waals surface area contributed by atoms with E-state index in [1.807, 2.05) is 0 Å². The number of fused-ring (bicyclic) bond motifs is 5. The molecule has 0 heterocycles. The fourth-order valence-corrected chi connectivity index (χ4v) is 12.5. The van der Waals surface area contributed by atoms with Crippen LogP contribution in [0.3, 0.4) is 0 Å². The van der Waals surface area contributed by atoms with Crippen LogP contribution < -0.4 is 0 Å². The lowest BCUT2D eigenvalue weighted by molar-refractivity contribution is 0.585. The fraction of sp³-hybridized carbons (Fsp3) is 0.100. The molecule has 0 heteroatoms. The van der Waals surface area contributed by atoms with E-state index in [1.54, 1.807) is 119 Å². The van der Waals surface area contributed by atoms with E-state index in [-0.39, 0.29) is 0 Å². The van der Waals surface area contributed by atoms with Crippen LogP contribution in [0.1, 0.15) is 46.9 Å². The van der Waals surface area contributed by atoms with E-state index < -0.39 is 0 Å². The van der Waals surface area contributed by atoms with Crippen LogP contribution in [-0.4, -0.2) is 0 Å². The van der Waals surface area contributed by atoms with E-state index in [1.165, 1.54) is 45.2 Å². The Morgan fingerprint density at radius 2 is 0.550 bits per heavy atom. The van der Waals surface area contributed by atoms with Gasteiger partial charge in [-0.05, 0) is 164 Å². The topological polar surface area (TPSA) is 0 Å². The molecule has 0 nitrogen and oxygen atoms in total. The zero-order valence-corrected chi connectivity index (χ0v) is 21.2. The Morgan fingerprint density at radius 1 is 0.275 bits per heavy atom. The smallest absolute Gasteiger partial charge is 0.0106 e. The van der Waals surface area contributed by atoms with Gasteiger partial charge in [0.25, 0.3) is 0 Å². The quantitative estimate of drug-likeness (QED) is 0.184. The minimum absolute atomic E-state index is 0.568. The third-order valence-corrected chi connectivity index (χ3v) is 13.3. The SMILES string of the molecule is c1cc2c3ccc4c5ccc6c7ccc8c9c%10c%11c%12c%13c(c1C%12CCC8%11)c2c1c3c4c2c5c6c(c79)c3c%10c%13c1c23. The normalized spacial score (nSPS) is 20.8. The molecule has 2 unspecified atom stereocenters. The molecule has 13 aromatic rings. The highest BCUT2D eigenvalue weighted by Gasteiger charge is 2.46. The summed E-state index contributed by atoms with van der Waals surface area (Å²) in [6.45, 7) is 0. The molecular formula is C40H14. The van der Waals surface area contributed by atoms with Crippen LogP contribution >= 0.6 is 0 Å². The van der Waals surface area contributed by atoms with Gasteiger partial charge in [0.1, 0.15) is 0 Å². The lowest BCUT2D eigenvalue weighted by atomic mass is 9.75. The van der Waals surface area contributed by atoms with Crippen LogP contribution in [0.15, 0.2) is 48.5 Å². The lowest BCUT2D eigenvalue weighted by Crippen LogP contribution is -2.12. The summed E-state index contributed by atoms with van der Waals surface area (Å²) in [5.74, 6) is 1.14. The van der Waals surface area contributed by atoms with Gasteiger partial charge in [-0.1, -0.05) is 48.5 Å². The standard InChI is InChI=1S/C40H14/c1-2-12-14-5-6-16-18-9-10-20-19-8-7-17-15-4-3-13-11(1)21-22(12)32-24(14)26(16)34-29(18)30(20)35-28(19)27(17)33-25(15)23(13)31(21)36-37(32)39(34)40(35)38(33)36/h1-8,18,20H,9-10H2. The van der Waals surface area contributed by atoms with Crippen molar-refractivity contribution in [2.45, 2.75) is 24.7 Å². The second kappa shape index (κ2) is 4.19. The first kappa shape index (κ1) is 16.4. The summed E-state index contributed by atoms with van der Waals surface area (Å²) in [4.78, 5) is 0. The Bertz CT molecular complexity index is 3130. The average molecular weight is 495 g/mol. The largest absolute Gasteiger partial charge is 0.0571 e. The van der Waals surface area contributed by atoms with Crippen LogP contribution in [0.4, 0.5) is 0 Å². The van der Waals surface area contributed by atoms with Crippen molar-refractivity contribution in [2.75, 3.05) is 0 Å². The molecule has 174 valence electrons. The molecular weight excluding hydrogens is 480 g/mol. The molecule has 0 spiro atoms. The summed E-state index contributed by atoms with van der Waals surface area (Å²) in [5, 5.41) is 37.9. The molecule has 3 aliphatic carbocycles. The van der Waals surface area contributed by atoms with Gasteiger partial charge in [0, 0.05) is 11.8 Å². The number of benzene rings is 9. The number of rotatable bonds is 0. The Balaban J connectivity index is 1.54. The highest BCUT2D eigenvalue weighted by molar-refractivity contribution is 6.66. The molecule has 0 saturated carbocycles. The van der Waals surface area contributed by atoms with E-state index in [0.717, 1.165) is 0 Å². The second-order valence-electron chi connectivity index (χ2n) is 14.0. The molecule has 0 fully saturated rings. The van der Waals surface area contributed by atoms with E-state index >= 15 is 0 Å². The minimum atomic E-state index is 0.568. The van der Waals surface area contributed by atoms with Crippen molar-refractivity contribution in [3.63, 3.8) is 0 Å². The summed E-state index contributed by atoms with van der Waals surface area (Å²) in [5.41, 5.74) is 6.75. The van der Waals surface area contributed by atoms with Gasteiger partial charge in [-0.15, -0.1) is 0 Å². The minimum Gasteiger partial charge on any atom is -0.0571 e. The van der Waals surface area contributed by atoms with Crippen LogP contribution in [0, 0.1) is 0 Å². The first-order valence-corrected chi connectivity index (χ1v) is 15.1. The molecule has 0 aromatic heterocycles. The fourth-order valence-electron chi connectivity index (χ4n) is 12.5. The van der Waals surface area contributed by atoms with Gasteiger partial charge in [-0.3, -0.25) is 0 Å². The van der Waals surface area contributed by atoms with E-state index in [0.29, 0.717) is 11.8 Å². The highest BCUT2D eigenvalue weighted by Crippen LogP contribution is 2.70. The van der Waals surface area contributed by atoms with Gasteiger partial charge in [0.05, 0.1) is 0 Å².